The number of hydrogen-bond donors (Lipinski definition) is 0. The van der Waals surface area contributed by atoms with Gasteiger partial charge < -0.3 is 9.47 Å². The minimum atomic E-state index is -0.513. The predicted octanol–water partition coefficient (Wildman–Crippen LogP) is 5.05. The van der Waals surface area contributed by atoms with Crippen molar-refractivity contribution in [2.24, 2.45) is 0 Å². The molecule has 6 nitrogen and oxygen atoms in total. The van der Waals surface area contributed by atoms with Crippen molar-refractivity contribution in [1.29, 1.82) is 5.26 Å². The van der Waals surface area contributed by atoms with Gasteiger partial charge >= 0.3 is 0 Å². The van der Waals surface area contributed by atoms with E-state index in [9.17, 15) is 14.9 Å². The molecule has 31 heavy (non-hydrogen) atoms. The smallest absolute Gasteiger partial charge is 0.271 e. The summed E-state index contributed by atoms with van der Waals surface area (Å²) in [5.74, 6) is 0.395. The van der Waals surface area contributed by atoms with Gasteiger partial charge in [-0.05, 0) is 56.0 Å². The third kappa shape index (κ3) is 5.97. The number of ether oxygens (including phenoxy) is 2. The molecular weight excluding hydrogens is 392 g/mol. The van der Waals surface area contributed by atoms with Crippen molar-refractivity contribution in [1.82, 2.24) is 4.90 Å². The summed E-state index contributed by atoms with van der Waals surface area (Å²) in [6.07, 6.45) is 6.46. The minimum Gasteiger partial charge on any atom is -0.490 e. The van der Waals surface area contributed by atoms with Crippen LogP contribution < -0.4 is 9.47 Å². The number of benzene rings is 1. The van der Waals surface area contributed by atoms with Crippen LogP contribution >= 0.6 is 0 Å². The van der Waals surface area contributed by atoms with E-state index in [-0.39, 0.29) is 11.5 Å². The fraction of sp³-hybridized carbons (Fsp3) is 0.480. The van der Waals surface area contributed by atoms with Crippen molar-refractivity contribution in [3.05, 3.63) is 40.5 Å². The van der Waals surface area contributed by atoms with Crippen molar-refractivity contribution in [2.75, 3.05) is 19.8 Å². The van der Waals surface area contributed by atoms with Gasteiger partial charge in [0, 0.05) is 12.1 Å². The maximum Gasteiger partial charge on any atom is 0.271 e. The SMILES string of the molecule is CCCCCOc1ccc(/C=C2/C(=O)N(CCCC)C(=O)C(C#N)=C2C)cc1OCC. The number of amides is 2. The first-order valence-corrected chi connectivity index (χ1v) is 11.1. The van der Waals surface area contributed by atoms with Gasteiger partial charge in [0.25, 0.3) is 11.8 Å². The fourth-order valence-electron chi connectivity index (χ4n) is 3.35. The maximum atomic E-state index is 13.0. The standard InChI is InChI=1S/C25H32N2O4/c1-5-8-10-14-31-22-12-11-19(16-23(22)30-7-3)15-20-18(4)21(17-26)25(29)27(24(20)28)13-9-6-2/h11-12,15-16H,5-10,13-14H2,1-4H3/b20-15+. The van der Waals surface area contributed by atoms with Gasteiger partial charge in [-0.1, -0.05) is 39.2 Å². The van der Waals surface area contributed by atoms with Gasteiger partial charge in [-0.3, -0.25) is 14.5 Å². The Morgan fingerprint density at radius 1 is 1.00 bits per heavy atom. The quantitative estimate of drug-likeness (QED) is 0.282. The summed E-state index contributed by atoms with van der Waals surface area (Å²) in [4.78, 5) is 26.8. The molecule has 1 aliphatic heterocycles. The second-order valence-corrected chi connectivity index (χ2v) is 7.48. The van der Waals surface area contributed by atoms with Gasteiger partial charge in [-0.15, -0.1) is 0 Å². The first-order chi connectivity index (χ1) is 15.0. The molecule has 0 atom stereocenters. The monoisotopic (exact) mass is 424 g/mol. The first-order valence-electron chi connectivity index (χ1n) is 11.1. The zero-order valence-corrected chi connectivity index (χ0v) is 19.0. The number of nitrogens with zero attached hydrogens (tertiary/aromatic N) is 2. The van der Waals surface area contributed by atoms with Crippen molar-refractivity contribution < 1.29 is 19.1 Å². The molecular formula is C25H32N2O4. The third-order valence-corrected chi connectivity index (χ3v) is 5.14. The molecule has 2 rings (SSSR count). The largest absolute Gasteiger partial charge is 0.490 e. The van der Waals surface area contributed by atoms with Crippen LogP contribution in [0.1, 0.15) is 65.4 Å². The number of rotatable bonds is 11. The molecule has 0 fully saturated rings. The average molecular weight is 425 g/mol. The molecule has 0 radical (unpaired) electrons. The Bertz CT molecular complexity index is 909. The minimum absolute atomic E-state index is 0.0165. The van der Waals surface area contributed by atoms with Crippen molar-refractivity contribution in [2.45, 2.75) is 59.8 Å². The molecule has 6 heteroatoms. The highest BCUT2D eigenvalue weighted by Gasteiger charge is 2.34. The molecule has 0 aromatic heterocycles. The van der Waals surface area contributed by atoms with Crippen LogP contribution in [0.25, 0.3) is 6.08 Å². The highest BCUT2D eigenvalue weighted by molar-refractivity contribution is 6.19. The summed E-state index contributed by atoms with van der Waals surface area (Å²) in [6.45, 7) is 9.09. The van der Waals surface area contributed by atoms with E-state index in [0.29, 0.717) is 48.8 Å². The summed E-state index contributed by atoms with van der Waals surface area (Å²) in [5, 5.41) is 9.49. The van der Waals surface area contributed by atoms with Crippen LogP contribution in [0.3, 0.4) is 0 Å². The van der Waals surface area contributed by atoms with Crippen molar-refractivity contribution in [3.8, 4) is 17.6 Å². The number of unbranched alkanes of at least 4 members (excludes halogenated alkanes) is 3. The summed E-state index contributed by atoms with van der Waals surface area (Å²) in [7, 11) is 0. The van der Waals surface area contributed by atoms with Crippen molar-refractivity contribution >= 4 is 17.9 Å². The summed E-state index contributed by atoms with van der Waals surface area (Å²) in [5.41, 5.74) is 1.52. The van der Waals surface area contributed by atoms with E-state index in [1.165, 1.54) is 4.90 Å². The van der Waals surface area contributed by atoms with E-state index in [0.717, 1.165) is 31.2 Å². The lowest BCUT2D eigenvalue weighted by atomic mass is 9.93. The molecule has 0 spiro atoms. The number of carbonyl (C=O) groups excluding carboxylic acids is 2. The van der Waals surface area contributed by atoms with E-state index in [1.807, 2.05) is 38.1 Å². The molecule has 0 saturated heterocycles. The van der Waals surface area contributed by atoms with E-state index in [4.69, 9.17) is 9.47 Å². The lowest BCUT2D eigenvalue weighted by molar-refractivity contribution is -0.140. The summed E-state index contributed by atoms with van der Waals surface area (Å²) < 4.78 is 11.6. The Balaban J connectivity index is 2.39. The number of nitriles is 1. The second-order valence-electron chi connectivity index (χ2n) is 7.48. The average Bonchev–Trinajstić information content (AvgIpc) is 2.76. The van der Waals surface area contributed by atoms with Crippen LogP contribution in [0.5, 0.6) is 11.5 Å². The summed E-state index contributed by atoms with van der Waals surface area (Å²) >= 11 is 0. The Kier molecular flexibility index (Phi) is 9.33. The van der Waals surface area contributed by atoms with Gasteiger partial charge in [0.05, 0.1) is 13.2 Å². The lowest BCUT2D eigenvalue weighted by Crippen LogP contribution is -2.43. The number of hydrogen-bond acceptors (Lipinski definition) is 5. The Morgan fingerprint density at radius 3 is 2.39 bits per heavy atom. The molecule has 0 unspecified atom stereocenters. The highest BCUT2D eigenvalue weighted by atomic mass is 16.5. The molecule has 0 saturated carbocycles. The topological polar surface area (TPSA) is 79.6 Å². The number of carbonyl (C=O) groups is 2. The van der Waals surface area contributed by atoms with Crippen LogP contribution in [0.15, 0.2) is 34.9 Å². The van der Waals surface area contributed by atoms with Crippen LogP contribution in [0, 0.1) is 11.3 Å². The zero-order valence-electron chi connectivity index (χ0n) is 19.0. The maximum absolute atomic E-state index is 13.0. The second kappa shape index (κ2) is 11.9. The van der Waals surface area contributed by atoms with Crippen molar-refractivity contribution in [3.63, 3.8) is 0 Å². The Labute approximate surface area is 185 Å². The molecule has 1 aromatic rings. The summed E-state index contributed by atoms with van der Waals surface area (Å²) in [6, 6.07) is 7.48. The molecule has 1 aliphatic rings. The first kappa shape index (κ1) is 24.2. The van der Waals surface area contributed by atoms with E-state index >= 15 is 0 Å². The van der Waals surface area contributed by atoms with Gasteiger partial charge in [0.15, 0.2) is 11.5 Å². The molecule has 0 aliphatic carbocycles. The molecule has 1 aromatic carbocycles. The van der Waals surface area contributed by atoms with Gasteiger partial charge in [0.1, 0.15) is 11.6 Å². The normalized spacial score (nSPS) is 15.5. The zero-order chi connectivity index (χ0) is 22.8. The number of imide groups is 1. The van der Waals surface area contributed by atoms with E-state index in [2.05, 4.69) is 6.92 Å². The van der Waals surface area contributed by atoms with E-state index in [1.54, 1.807) is 13.0 Å². The van der Waals surface area contributed by atoms with Crippen LogP contribution in [0.2, 0.25) is 0 Å². The third-order valence-electron chi connectivity index (χ3n) is 5.14. The highest BCUT2D eigenvalue weighted by Crippen LogP contribution is 2.32. The molecule has 2 amide bonds. The van der Waals surface area contributed by atoms with Crippen LogP contribution in [-0.4, -0.2) is 36.5 Å². The molecule has 0 N–H and O–H groups in total. The Hall–Kier alpha value is -3.07. The van der Waals surface area contributed by atoms with Crippen LogP contribution in [0.4, 0.5) is 0 Å². The lowest BCUT2D eigenvalue weighted by Gasteiger charge is -2.27. The molecule has 0 bridgehead atoms. The van der Waals surface area contributed by atoms with Gasteiger partial charge in [-0.25, -0.2) is 0 Å². The van der Waals surface area contributed by atoms with Gasteiger partial charge in [-0.2, -0.15) is 5.26 Å². The molecule has 1 heterocycles. The fourth-order valence-corrected chi connectivity index (χ4v) is 3.35. The Morgan fingerprint density at radius 2 is 1.74 bits per heavy atom. The predicted molar refractivity (Wildman–Crippen MR) is 121 cm³/mol. The van der Waals surface area contributed by atoms with Gasteiger partial charge in [0.2, 0.25) is 0 Å². The van der Waals surface area contributed by atoms with E-state index < -0.39 is 5.91 Å². The van der Waals surface area contributed by atoms with Crippen LogP contribution in [-0.2, 0) is 9.59 Å². The molecule has 166 valence electrons.